The van der Waals surface area contributed by atoms with Crippen molar-refractivity contribution in [3.05, 3.63) is 24.3 Å². The minimum absolute atomic E-state index is 0. The van der Waals surface area contributed by atoms with E-state index in [1.165, 1.54) is 5.69 Å². The highest BCUT2D eigenvalue weighted by Crippen LogP contribution is 2.20. The lowest BCUT2D eigenvalue weighted by Gasteiger charge is -2.38. The van der Waals surface area contributed by atoms with E-state index in [2.05, 4.69) is 44.1 Å². The maximum Gasteiger partial charge on any atom is 0.193 e. The number of hydrogen-bond donors (Lipinski definition) is 1. The van der Waals surface area contributed by atoms with Gasteiger partial charge in [0.15, 0.2) is 5.96 Å². The van der Waals surface area contributed by atoms with Crippen molar-refractivity contribution in [1.29, 1.82) is 0 Å². The number of morpholine rings is 1. The maximum atomic E-state index is 5.44. The average molecular weight is 517 g/mol. The number of halogens is 1. The van der Waals surface area contributed by atoms with Gasteiger partial charge in [-0.15, -0.1) is 24.0 Å². The Morgan fingerprint density at radius 1 is 1.10 bits per heavy atom. The molecule has 1 aromatic carbocycles. The Labute approximate surface area is 192 Å². The van der Waals surface area contributed by atoms with E-state index in [0.29, 0.717) is 5.92 Å². The van der Waals surface area contributed by atoms with Crippen LogP contribution in [-0.4, -0.2) is 95.5 Å². The molecule has 1 N–H and O–H groups in total. The van der Waals surface area contributed by atoms with Gasteiger partial charge in [-0.2, -0.15) is 0 Å². The van der Waals surface area contributed by atoms with Crippen LogP contribution in [0, 0.1) is 5.92 Å². The predicted molar refractivity (Wildman–Crippen MR) is 130 cm³/mol. The van der Waals surface area contributed by atoms with Gasteiger partial charge < -0.3 is 24.6 Å². The van der Waals surface area contributed by atoms with Crippen LogP contribution in [-0.2, 0) is 4.74 Å². The molecule has 0 amide bonds. The van der Waals surface area contributed by atoms with Gasteiger partial charge in [0.25, 0.3) is 0 Å². The van der Waals surface area contributed by atoms with Crippen molar-refractivity contribution in [2.24, 2.45) is 10.9 Å². The smallest absolute Gasteiger partial charge is 0.193 e. The summed E-state index contributed by atoms with van der Waals surface area (Å²) in [6, 6.07) is 8.32. The van der Waals surface area contributed by atoms with E-state index in [9.17, 15) is 0 Å². The van der Waals surface area contributed by atoms with Crippen LogP contribution in [0.15, 0.2) is 29.3 Å². The Morgan fingerprint density at radius 3 is 2.34 bits per heavy atom. The van der Waals surface area contributed by atoms with Crippen molar-refractivity contribution in [3.63, 3.8) is 0 Å². The van der Waals surface area contributed by atoms with Gasteiger partial charge in [0, 0.05) is 65.1 Å². The minimum Gasteiger partial charge on any atom is -0.497 e. The Bertz CT molecular complexity index is 614. The number of guanidine groups is 1. The molecule has 7 nitrogen and oxygen atoms in total. The van der Waals surface area contributed by atoms with Crippen LogP contribution in [0.2, 0.25) is 0 Å². The Morgan fingerprint density at radius 2 is 1.76 bits per heavy atom. The van der Waals surface area contributed by atoms with Gasteiger partial charge in [-0.05, 0) is 30.2 Å². The predicted octanol–water partition coefficient (Wildman–Crippen LogP) is 1.98. The number of hydrogen-bond acceptors (Lipinski definition) is 5. The summed E-state index contributed by atoms with van der Waals surface area (Å²) in [4.78, 5) is 11.8. The van der Waals surface area contributed by atoms with E-state index in [0.717, 1.165) is 77.3 Å². The first kappa shape index (κ1) is 24.0. The molecule has 0 aliphatic carbocycles. The molecule has 2 heterocycles. The summed E-state index contributed by atoms with van der Waals surface area (Å²) < 4.78 is 10.7. The molecule has 1 atom stereocenters. The summed E-state index contributed by atoms with van der Waals surface area (Å²) in [5.41, 5.74) is 1.25. The number of benzene rings is 1. The molecular weight excluding hydrogens is 481 g/mol. The first-order valence-electron chi connectivity index (χ1n) is 10.3. The summed E-state index contributed by atoms with van der Waals surface area (Å²) in [5, 5.41) is 3.58. The first-order valence-corrected chi connectivity index (χ1v) is 10.3. The highest BCUT2D eigenvalue weighted by Gasteiger charge is 2.21. The normalized spacial score (nSPS) is 19.5. The standard InChI is InChI=1S/C21H35N5O2.HI/c1-18(17-24-12-14-28-15-13-24)16-23-21(22-2)26-10-8-25(9-11-26)19-4-6-20(27-3)7-5-19;/h4-7,18H,8-17H2,1-3H3,(H,22,23);1H. The lowest BCUT2D eigenvalue weighted by molar-refractivity contribution is 0.0320. The van der Waals surface area contributed by atoms with Gasteiger partial charge in [-0.3, -0.25) is 9.89 Å². The number of nitrogens with one attached hydrogen (secondary N) is 1. The van der Waals surface area contributed by atoms with Crippen molar-refractivity contribution in [2.45, 2.75) is 6.92 Å². The first-order chi connectivity index (χ1) is 13.7. The second-order valence-electron chi connectivity index (χ2n) is 7.62. The number of ether oxygens (including phenoxy) is 2. The van der Waals surface area contributed by atoms with Crippen LogP contribution >= 0.6 is 24.0 Å². The fraction of sp³-hybridized carbons (Fsp3) is 0.667. The number of nitrogens with zero attached hydrogens (tertiary/aromatic N) is 4. The highest BCUT2D eigenvalue weighted by atomic mass is 127. The molecule has 2 fully saturated rings. The lowest BCUT2D eigenvalue weighted by Crippen LogP contribution is -2.53. The zero-order valence-electron chi connectivity index (χ0n) is 18.0. The molecule has 2 aliphatic heterocycles. The summed E-state index contributed by atoms with van der Waals surface area (Å²) in [6.45, 7) is 12.1. The van der Waals surface area contributed by atoms with Crippen molar-refractivity contribution in [2.75, 3.05) is 84.6 Å². The highest BCUT2D eigenvalue weighted by molar-refractivity contribution is 14.0. The second kappa shape index (κ2) is 12.4. The van der Waals surface area contributed by atoms with E-state index >= 15 is 0 Å². The quantitative estimate of drug-likeness (QED) is 0.354. The molecule has 164 valence electrons. The summed E-state index contributed by atoms with van der Waals surface area (Å²) in [7, 11) is 3.58. The van der Waals surface area contributed by atoms with Crippen LogP contribution in [0.4, 0.5) is 5.69 Å². The third-order valence-electron chi connectivity index (χ3n) is 5.51. The third kappa shape index (κ3) is 7.18. The number of piperazine rings is 1. The Kier molecular flexibility index (Phi) is 10.3. The molecule has 0 radical (unpaired) electrons. The van der Waals surface area contributed by atoms with Crippen LogP contribution < -0.4 is 15.0 Å². The molecule has 1 unspecified atom stereocenters. The molecule has 0 bridgehead atoms. The molecule has 0 saturated carbocycles. The zero-order chi connectivity index (χ0) is 19.8. The molecule has 2 saturated heterocycles. The van der Waals surface area contributed by atoms with Gasteiger partial charge >= 0.3 is 0 Å². The Hall–Kier alpha value is -1.26. The zero-order valence-corrected chi connectivity index (χ0v) is 20.3. The molecule has 1 aromatic rings. The number of methoxy groups -OCH3 is 1. The number of aliphatic imine (C=N–C) groups is 1. The molecule has 8 heteroatoms. The average Bonchev–Trinajstić information content (AvgIpc) is 2.75. The molecule has 0 spiro atoms. The van der Waals surface area contributed by atoms with Gasteiger partial charge in [0.1, 0.15) is 5.75 Å². The lowest BCUT2D eigenvalue weighted by atomic mass is 10.1. The van der Waals surface area contributed by atoms with Gasteiger partial charge in [-0.25, -0.2) is 0 Å². The Balaban J connectivity index is 0.00000300. The van der Waals surface area contributed by atoms with Crippen molar-refractivity contribution in [1.82, 2.24) is 15.1 Å². The van der Waals surface area contributed by atoms with Crippen molar-refractivity contribution >= 4 is 35.6 Å². The van der Waals surface area contributed by atoms with Gasteiger partial charge in [-0.1, -0.05) is 6.92 Å². The molecule has 29 heavy (non-hydrogen) atoms. The fourth-order valence-electron chi connectivity index (χ4n) is 3.86. The molecule has 2 aliphatic rings. The summed E-state index contributed by atoms with van der Waals surface area (Å²) in [6.07, 6.45) is 0. The number of anilines is 1. The monoisotopic (exact) mass is 517 g/mol. The number of rotatable bonds is 6. The third-order valence-corrected chi connectivity index (χ3v) is 5.51. The van der Waals surface area contributed by atoms with E-state index in [-0.39, 0.29) is 24.0 Å². The van der Waals surface area contributed by atoms with E-state index in [4.69, 9.17) is 9.47 Å². The van der Waals surface area contributed by atoms with Crippen molar-refractivity contribution < 1.29 is 9.47 Å². The van der Waals surface area contributed by atoms with Crippen LogP contribution in [0.25, 0.3) is 0 Å². The minimum atomic E-state index is 0. The second-order valence-corrected chi connectivity index (χ2v) is 7.62. The van der Waals surface area contributed by atoms with Crippen LogP contribution in [0.5, 0.6) is 5.75 Å². The molecule has 3 rings (SSSR count). The summed E-state index contributed by atoms with van der Waals surface area (Å²) in [5.74, 6) is 2.50. The van der Waals surface area contributed by atoms with Gasteiger partial charge in [0.2, 0.25) is 0 Å². The largest absolute Gasteiger partial charge is 0.497 e. The van der Waals surface area contributed by atoms with E-state index in [1.54, 1.807) is 7.11 Å². The van der Waals surface area contributed by atoms with Crippen LogP contribution in [0.3, 0.4) is 0 Å². The fourth-order valence-corrected chi connectivity index (χ4v) is 3.86. The van der Waals surface area contributed by atoms with E-state index < -0.39 is 0 Å². The maximum absolute atomic E-state index is 5.44. The molecule has 0 aromatic heterocycles. The van der Waals surface area contributed by atoms with Gasteiger partial charge in [0.05, 0.1) is 20.3 Å². The SMILES string of the molecule is CN=C(NCC(C)CN1CCOCC1)N1CCN(c2ccc(OC)cc2)CC1.I. The van der Waals surface area contributed by atoms with E-state index in [1.807, 2.05) is 19.2 Å². The molecular formula is C21H36IN5O2. The van der Waals surface area contributed by atoms with Crippen molar-refractivity contribution in [3.8, 4) is 5.75 Å². The summed E-state index contributed by atoms with van der Waals surface area (Å²) >= 11 is 0. The van der Waals surface area contributed by atoms with Crippen LogP contribution in [0.1, 0.15) is 6.92 Å². The topological polar surface area (TPSA) is 52.6 Å².